The second-order valence-electron chi connectivity index (χ2n) is 2.17. The molecule has 1 aliphatic rings. The summed E-state index contributed by atoms with van der Waals surface area (Å²) >= 11 is 0. The van der Waals surface area contributed by atoms with E-state index in [9.17, 15) is 8.78 Å². The van der Waals surface area contributed by atoms with Gasteiger partial charge >= 0.3 is 0 Å². The average Bonchev–Trinajstić information content (AvgIpc) is 1.86. The molecule has 0 amide bonds. The Kier molecular flexibility index (Phi) is 1.23. The first kappa shape index (κ1) is 5.95. The summed E-state index contributed by atoms with van der Waals surface area (Å²) in [6.07, 6.45) is -0.808. The van der Waals surface area contributed by atoms with Gasteiger partial charge in [0.2, 0.25) is 0 Å². The Labute approximate surface area is 46.3 Å². The van der Waals surface area contributed by atoms with Gasteiger partial charge < -0.3 is 5.11 Å². The van der Waals surface area contributed by atoms with Gasteiger partial charge in [0, 0.05) is 6.42 Å². The first-order valence-electron chi connectivity index (χ1n) is 2.69. The van der Waals surface area contributed by atoms with Crippen molar-refractivity contribution in [3.05, 3.63) is 0 Å². The van der Waals surface area contributed by atoms with Crippen LogP contribution in [0.1, 0.15) is 19.3 Å². The number of aliphatic hydroxyl groups excluding tert-OH is 1. The summed E-state index contributed by atoms with van der Waals surface area (Å²) in [6.45, 7) is 0. The van der Waals surface area contributed by atoms with Crippen molar-refractivity contribution < 1.29 is 13.9 Å². The fraction of sp³-hybridized carbons (Fsp3) is 1.00. The van der Waals surface area contributed by atoms with E-state index in [2.05, 4.69) is 0 Å². The molecule has 8 heavy (non-hydrogen) atoms. The predicted molar refractivity (Wildman–Crippen MR) is 24.8 cm³/mol. The van der Waals surface area contributed by atoms with Crippen molar-refractivity contribution in [1.82, 2.24) is 0 Å². The third kappa shape index (κ3) is 0.823. The van der Waals surface area contributed by atoms with Crippen LogP contribution < -0.4 is 0 Å². The number of hydrogen-bond donors (Lipinski definition) is 1. The minimum atomic E-state index is -2.79. The molecule has 0 radical (unpaired) electrons. The van der Waals surface area contributed by atoms with E-state index in [0.29, 0.717) is 6.42 Å². The Morgan fingerprint density at radius 3 is 2.25 bits per heavy atom. The van der Waals surface area contributed by atoms with E-state index in [1.165, 1.54) is 0 Å². The maximum Gasteiger partial charge on any atom is 0.273 e. The van der Waals surface area contributed by atoms with Gasteiger partial charge in [0.05, 0.1) is 0 Å². The lowest BCUT2D eigenvalue weighted by Crippen LogP contribution is -2.26. The molecule has 1 rings (SSSR count). The largest absolute Gasteiger partial charge is 0.387 e. The Bertz CT molecular complexity index is 92.4. The van der Waals surface area contributed by atoms with Crippen molar-refractivity contribution in [1.29, 1.82) is 0 Å². The quantitative estimate of drug-likeness (QED) is 0.511. The number of alkyl halides is 2. The molecule has 1 atom stereocenters. The second-order valence-corrected chi connectivity index (χ2v) is 2.17. The third-order valence-corrected chi connectivity index (χ3v) is 1.48. The smallest absolute Gasteiger partial charge is 0.273 e. The highest BCUT2D eigenvalue weighted by molar-refractivity contribution is 4.82. The molecular weight excluding hydrogens is 114 g/mol. The molecule has 3 heteroatoms. The fourth-order valence-corrected chi connectivity index (χ4v) is 0.909. The minimum absolute atomic E-state index is 0.145. The van der Waals surface area contributed by atoms with Gasteiger partial charge in [-0.3, -0.25) is 0 Å². The maximum atomic E-state index is 12.1. The van der Waals surface area contributed by atoms with Crippen LogP contribution in [0.2, 0.25) is 0 Å². The van der Waals surface area contributed by atoms with Crippen molar-refractivity contribution in [3.8, 4) is 0 Å². The zero-order valence-corrected chi connectivity index (χ0v) is 4.40. The van der Waals surface area contributed by atoms with Crippen LogP contribution in [-0.2, 0) is 0 Å². The molecule has 0 bridgehead atoms. The SMILES string of the molecule is OC1CCCC1(F)F. The lowest BCUT2D eigenvalue weighted by molar-refractivity contribution is -0.0852. The zero-order chi connectivity index (χ0) is 6.20. The molecule has 1 saturated carbocycles. The van der Waals surface area contributed by atoms with Gasteiger partial charge in [-0.1, -0.05) is 0 Å². The van der Waals surface area contributed by atoms with Gasteiger partial charge in [-0.2, -0.15) is 0 Å². The molecule has 0 aromatic heterocycles. The van der Waals surface area contributed by atoms with Gasteiger partial charge in [0.1, 0.15) is 6.10 Å². The van der Waals surface area contributed by atoms with Crippen LogP contribution in [0.25, 0.3) is 0 Å². The van der Waals surface area contributed by atoms with Crippen LogP contribution in [0.15, 0.2) is 0 Å². The molecule has 48 valence electrons. The summed E-state index contributed by atoms with van der Waals surface area (Å²) in [4.78, 5) is 0. The summed E-state index contributed by atoms with van der Waals surface area (Å²) in [5.41, 5.74) is 0. The highest BCUT2D eigenvalue weighted by atomic mass is 19.3. The van der Waals surface area contributed by atoms with Gasteiger partial charge in [-0.15, -0.1) is 0 Å². The molecule has 1 fully saturated rings. The normalized spacial score (nSPS) is 35.6. The van der Waals surface area contributed by atoms with Gasteiger partial charge in [0.15, 0.2) is 0 Å². The molecule has 1 N–H and O–H groups in total. The van der Waals surface area contributed by atoms with Crippen LogP contribution in [0.4, 0.5) is 8.78 Å². The summed E-state index contributed by atoms with van der Waals surface area (Å²) in [6, 6.07) is 0. The van der Waals surface area contributed by atoms with Gasteiger partial charge in [-0.05, 0) is 12.8 Å². The zero-order valence-electron chi connectivity index (χ0n) is 4.40. The van der Waals surface area contributed by atoms with Crippen LogP contribution in [-0.4, -0.2) is 17.1 Å². The molecular formula is C5H8F2O. The number of rotatable bonds is 0. The molecule has 0 aromatic rings. The summed E-state index contributed by atoms with van der Waals surface area (Å²) in [7, 11) is 0. The van der Waals surface area contributed by atoms with E-state index < -0.39 is 12.0 Å². The van der Waals surface area contributed by atoms with E-state index in [1.54, 1.807) is 0 Å². The Balaban J connectivity index is 2.54. The molecule has 0 spiro atoms. The van der Waals surface area contributed by atoms with Crippen molar-refractivity contribution in [2.75, 3.05) is 0 Å². The predicted octanol–water partition coefficient (Wildman–Crippen LogP) is 1.17. The van der Waals surface area contributed by atoms with Crippen LogP contribution in [0.5, 0.6) is 0 Å². The van der Waals surface area contributed by atoms with Crippen molar-refractivity contribution >= 4 is 0 Å². The molecule has 0 aromatic carbocycles. The van der Waals surface area contributed by atoms with Crippen LogP contribution in [0.3, 0.4) is 0 Å². The first-order chi connectivity index (χ1) is 3.63. The second kappa shape index (κ2) is 1.65. The molecule has 1 aliphatic carbocycles. The highest BCUT2D eigenvalue weighted by Gasteiger charge is 2.42. The Morgan fingerprint density at radius 1 is 1.50 bits per heavy atom. The summed E-state index contributed by atoms with van der Waals surface area (Å²) in [5, 5.41) is 8.51. The van der Waals surface area contributed by atoms with E-state index in [-0.39, 0.29) is 12.8 Å². The topological polar surface area (TPSA) is 20.2 Å². The van der Waals surface area contributed by atoms with Crippen LogP contribution >= 0.6 is 0 Å². The van der Waals surface area contributed by atoms with E-state index in [4.69, 9.17) is 5.11 Å². The highest BCUT2D eigenvalue weighted by Crippen LogP contribution is 2.34. The molecule has 0 aliphatic heterocycles. The van der Waals surface area contributed by atoms with Crippen LogP contribution in [0, 0.1) is 0 Å². The van der Waals surface area contributed by atoms with E-state index in [1.807, 2.05) is 0 Å². The van der Waals surface area contributed by atoms with Crippen molar-refractivity contribution in [2.24, 2.45) is 0 Å². The minimum Gasteiger partial charge on any atom is -0.387 e. The lowest BCUT2D eigenvalue weighted by atomic mass is 10.2. The Hall–Kier alpha value is -0.180. The molecule has 1 nitrogen and oxygen atoms in total. The number of halogens is 2. The molecule has 0 heterocycles. The summed E-state index contributed by atoms with van der Waals surface area (Å²) in [5.74, 6) is -2.79. The maximum absolute atomic E-state index is 12.1. The van der Waals surface area contributed by atoms with Gasteiger partial charge in [-0.25, -0.2) is 8.78 Å². The third-order valence-electron chi connectivity index (χ3n) is 1.48. The number of hydrogen-bond acceptors (Lipinski definition) is 1. The van der Waals surface area contributed by atoms with Crippen molar-refractivity contribution in [3.63, 3.8) is 0 Å². The van der Waals surface area contributed by atoms with E-state index >= 15 is 0 Å². The Morgan fingerprint density at radius 2 is 2.12 bits per heavy atom. The first-order valence-corrected chi connectivity index (χ1v) is 2.69. The monoisotopic (exact) mass is 122 g/mol. The average molecular weight is 122 g/mol. The lowest BCUT2D eigenvalue weighted by Gasteiger charge is -2.11. The fourth-order valence-electron chi connectivity index (χ4n) is 0.909. The standard InChI is InChI=1S/C5H8F2O/c6-5(7)3-1-2-4(5)8/h4,8H,1-3H2. The van der Waals surface area contributed by atoms with Gasteiger partial charge in [0.25, 0.3) is 5.92 Å². The molecule has 0 saturated heterocycles. The van der Waals surface area contributed by atoms with E-state index in [0.717, 1.165) is 0 Å². The number of aliphatic hydroxyl groups is 1. The van der Waals surface area contributed by atoms with Crippen molar-refractivity contribution in [2.45, 2.75) is 31.3 Å². The molecule has 1 unspecified atom stereocenters. The summed E-state index contributed by atoms with van der Waals surface area (Å²) < 4.78 is 24.2.